The van der Waals surface area contributed by atoms with E-state index in [0.29, 0.717) is 0 Å². The Kier molecular flexibility index (Phi) is 2.76. The lowest BCUT2D eigenvalue weighted by Crippen LogP contribution is -2.61. The van der Waals surface area contributed by atoms with Crippen molar-refractivity contribution in [2.45, 2.75) is 44.2 Å². The molecule has 3 heteroatoms. The molecule has 2 fully saturated rings. The van der Waals surface area contributed by atoms with Gasteiger partial charge in [0.05, 0.1) is 6.07 Å². The maximum absolute atomic E-state index is 9.29. The topological polar surface area (TPSA) is 47.9 Å². The van der Waals surface area contributed by atoms with Crippen molar-refractivity contribution >= 4 is 0 Å². The molecule has 0 bridgehead atoms. The Bertz CT molecular complexity index is 241. The van der Waals surface area contributed by atoms with E-state index in [4.69, 9.17) is 0 Å². The summed E-state index contributed by atoms with van der Waals surface area (Å²) in [6.45, 7) is 4.19. The summed E-state index contributed by atoms with van der Waals surface area (Å²) in [5.41, 5.74) is -0.305. The van der Waals surface area contributed by atoms with Gasteiger partial charge in [-0.2, -0.15) is 5.26 Å². The van der Waals surface area contributed by atoms with Crippen molar-refractivity contribution in [3.8, 4) is 6.07 Å². The van der Waals surface area contributed by atoms with Crippen molar-refractivity contribution in [1.82, 2.24) is 10.6 Å². The molecule has 78 valence electrons. The molecule has 1 saturated heterocycles. The highest BCUT2D eigenvalue weighted by molar-refractivity contribution is 5.15. The summed E-state index contributed by atoms with van der Waals surface area (Å²) in [5.74, 6) is 0.842. The predicted octanol–water partition coefficient (Wildman–Crippen LogP) is 1.02. The first-order valence-corrected chi connectivity index (χ1v) is 5.66. The molecule has 2 rings (SSSR count). The molecule has 1 heterocycles. The van der Waals surface area contributed by atoms with Gasteiger partial charge < -0.3 is 5.32 Å². The molecule has 2 unspecified atom stereocenters. The van der Waals surface area contributed by atoms with E-state index in [1.807, 2.05) is 0 Å². The smallest absolute Gasteiger partial charge is 0.121 e. The van der Waals surface area contributed by atoms with Gasteiger partial charge >= 0.3 is 0 Å². The van der Waals surface area contributed by atoms with E-state index in [2.05, 4.69) is 23.6 Å². The number of nitriles is 1. The zero-order valence-corrected chi connectivity index (χ0v) is 8.84. The summed E-state index contributed by atoms with van der Waals surface area (Å²) in [6, 6.07) is 2.75. The largest absolute Gasteiger partial charge is 0.311 e. The van der Waals surface area contributed by atoms with Gasteiger partial charge in [-0.25, -0.2) is 0 Å². The number of hydrogen-bond acceptors (Lipinski definition) is 3. The molecule has 0 aromatic carbocycles. The first kappa shape index (κ1) is 9.95. The molecule has 1 aliphatic carbocycles. The van der Waals surface area contributed by atoms with Crippen LogP contribution in [0.2, 0.25) is 0 Å². The Hall–Kier alpha value is -0.590. The minimum absolute atomic E-state index is 0.278. The monoisotopic (exact) mass is 193 g/mol. The van der Waals surface area contributed by atoms with E-state index in [0.717, 1.165) is 31.8 Å². The van der Waals surface area contributed by atoms with Crippen LogP contribution in [-0.4, -0.2) is 24.7 Å². The average molecular weight is 193 g/mol. The van der Waals surface area contributed by atoms with Crippen LogP contribution in [0.1, 0.15) is 32.6 Å². The minimum atomic E-state index is -0.305. The van der Waals surface area contributed by atoms with Crippen LogP contribution in [0.4, 0.5) is 0 Å². The molecule has 1 saturated carbocycles. The quantitative estimate of drug-likeness (QED) is 0.703. The Morgan fingerprint density at radius 1 is 1.57 bits per heavy atom. The Balaban J connectivity index is 1.95. The zero-order chi connectivity index (χ0) is 10.0. The Morgan fingerprint density at radius 2 is 2.36 bits per heavy atom. The van der Waals surface area contributed by atoms with Gasteiger partial charge in [-0.1, -0.05) is 0 Å². The van der Waals surface area contributed by atoms with Crippen LogP contribution in [-0.2, 0) is 0 Å². The van der Waals surface area contributed by atoms with Gasteiger partial charge in [-0.3, -0.25) is 5.32 Å². The molecule has 0 aromatic rings. The lowest BCUT2D eigenvalue weighted by atomic mass is 9.84. The summed E-state index contributed by atoms with van der Waals surface area (Å²) < 4.78 is 0. The molecule has 0 aromatic heterocycles. The zero-order valence-electron chi connectivity index (χ0n) is 8.84. The van der Waals surface area contributed by atoms with E-state index in [1.54, 1.807) is 0 Å². The van der Waals surface area contributed by atoms with Crippen molar-refractivity contribution < 1.29 is 0 Å². The Labute approximate surface area is 85.9 Å². The number of nitrogens with one attached hydrogen (secondary N) is 2. The first-order chi connectivity index (χ1) is 6.77. The lowest BCUT2D eigenvalue weighted by Gasteiger charge is -2.38. The van der Waals surface area contributed by atoms with Crippen LogP contribution in [0.5, 0.6) is 0 Å². The third kappa shape index (κ3) is 1.92. The summed E-state index contributed by atoms with van der Waals surface area (Å²) in [5, 5.41) is 16.1. The first-order valence-electron chi connectivity index (χ1n) is 5.66. The van der Waals surface area contributed by atoms with E-state index in [-0.39, 0.29) is 11.6 Å². The molecule has 1 aliphatic heterocycles. The average Bonchev–Trinajstić information content (AvgIpc) is 3.01. The number of nitrogens with zero attached hydrogens (tertiary/aromatic N) is 1. The predicted molar refractivity (Wildman–Crippen MR) is 55.8 cm³/mol. The van der Waals surface area contributed by atoms with Gasteiger partial charge in [-0.05, 0) is 51.6 Å². The van der Waals surface area contributed by atoms with Crippen LogP contribution in [0.3, 0.4) is 0 Å². The molecule has 0 spiro atoms. The molecule has 3 nitrogen and oxygen atoms in total. The SMILES string of the molecule is CC1NCCCC1(C#N)NCC1CC1. The van der Waals surface area contributed by atoms with E-state index < -0.39 is 0 Å². The maximum atomic E-state index is 9.29. The highest BCUT2D eigenvalue weighted by Crippen LogP contribution is 2.30. The van der Waals surface area contributed by atoms with Gasteiger partial charge in [0.15, 0.2) is 0 Å². The minimum Gasteiger partial charge on any atom is -0.311 e. The van der Waals surface area contributed by atoms with Crippen LogP contribution in [0, 0.1) is 17.2 Å². The van der Waals surface area contributed by atoms with Crippen molar-refractivity contribution in [3.63, 3.8) is 0 Å². The molecular formula is C11H19N3. The van der Waals surface area contributed by atoms with Gasteiger partial charge in [0.1, 0.15) is 5.54 Å². The maximum Gasteiger partial charge on any atom is 0.121 e. The van der Waals surface area contributed by atoms with Gasteiger partial charge in [0, 0.05) is 6.04 Å². The van der Waals surface area contributed by atoms with Crippen LogP contribution in [0.15, 0.2) is 0 Å². The fourth-order valence-corrected chi connectivity index (χ4v) is 2.16. The molecule has 0 amide bonds. The molecule has 2 atom stereocenters. The standard InChI is InChI=1S/C11H19N3/c1-9-11(8-12,5-2-6-13-9)14-7-10-3-4-10/h9-10,13-14H,2-7H2,1H3. The van der Waals surface area contributed by atoms with Gasteiger partial charge in [0.2, 0.25) is 0 Å². The lowest BCUT2D eigenvalue weighted by molar-refractivity contribution is 0.246. The van der Waals surface area contributed by atoms with E-state index in [9.17, 15) is 5.26 Å². The molecule has 2 N–H and O–H groups in total. The van der Waals surface area contributed by atoms with Gasteiger partial charge in [0.25, 0.3) is 0 Å². The molecule has 14 heavy (non-hydrogen) atoms. The number of piperidine rings is 1. The van der Waals surface area contributed by atoms with Crippen molar-refractivity contribution in [2.24, 2.45) is 5.92 Å². The van der Waals surface area contributed by atoms with Crippen LogP contribution in [0.25, 0.3) is 0 Å². The highest BCUT2D eigenvalue weighted by Gasteiger charge is 2.39. The highest BCUT2D eigenvalue weighted by atomic mass is 15.1. The summed E-state index contributed by atoms with van der Waals surface area (Å²) in [7, 11) is 0. The second-order valence-electron chi connectivity index (χ2n) is 4.69. The van der Waals surface area contributed by atoms with Crippen LogP contribution >= 0.6 is 0 Å². The summed E-state index contributed by atoms with van der Waals surface area (Å²) >= 11 is 0. The van der Waals surface area contributed by atoms with Crippen molar-refractivity contribution in [1.29, 1.82) is 5.26 Å². The molecule has 2 aliphatic rings. The third-order valence-electron chi connectivity index (χ3n) is 3.54. The number of rotatable bonds is 3. The van der Waals surface area contributed by atoms with E-state index >= 15 is 0 Å². The van der Waals surface area contributed by atoms with E-state index in [1.165, 1.54) is 12.8 Å². The van der Waals surface area contributed by atoms with Gasteiger partial charge in [-0.15, -0.1) is 0 Å². The fourth-order valence-electron chi connectivity index (χ4n) is 2.16. The third-order valence-corrected chi connectivity index (χ3v) is 3.54. The summed E-state index contributed by atoms with van der Waals surface area (Å²) in [6.07, 6.45) is 4.78. The van der Waals surface area contributed by atoms with Crippen molar-refractivity contribution in [3.05, 3.63) is 0 Å². The number of hydrogen-bond donors (Lipinski definition) is 2. The fraction of sp³-hybridized carbons (Fsp3) is 0.909. The van der Waals surface area contributed by atoms with Crippen LogP contribution < -0.4 is 10.6 Å². The molecular weight excluding hydrogens is 174 g/mol. The second-order valence-corrected chi connectivity index (χ2v) is 4.69. The summed E-state index contributed by atoms with van der Waals surface area (Å²) in [4.78, 5) is 0. The second kappa shape index (κ2) is 3.88. The Morgan fingerprint density at radius 3 is 2.93 bits per heavy atom. The molecule has 0 radical (unpaired) electrons. The van der Waals surface area contributed by atoms with Crippen molar-refractivity contribution in [2.75, 3.05) is 13.1 Å². The normalized spacial score (nSPS) is 37.9.